The Morgan fingerprint density at radius 2 is 2.18 bits per heavy atom. The maximum Gasteiger partial charge on any atom is 0.240 e. The van der Waals surface area contributed by atoms with Gasteiger partial charge in [-0.05, 0) is 30.7 Å². The molecular formula is C13H9FN2O. The summed E-state index contributed by atoms with van der Waals surface area (Å²) in [6.45, 7) is 1.84. The molecular weight excluding hydrogens is 219 g/mol. The van der Waals surface area contributed by atoms with Crippen molar-refractivity contribution in [3.05, 3.63) is 47.9 Å². The van der Waals surface area contributed by atoms with E-state index in [1.807, 2.05) is 6.92 Å². The van der Waals surface area contributed by atoms with Crippen LogP contribution in [0.4, 0.5) is 10.1 Å². The van der Waals surface area contributed by atoms with Gasteiger partial charge < -0.3 is 0 Å². The van der Waals surface area contributed by atoms with E-state index in [9.17, 15) is 9.18 Å². The quantitative estimate of drug-likeness (QED) is 0.585. The van der Waals surface area contributed by atoms with E-state index in [0.717, 1.165) is 5.56 Å². The summed E-state index contributed by atoms with van der Waals surface area (Å²) < 4.78 is 13.1. The lowest BCUT2D eigenvalue weighted by Crippen LogP contribution is -1.87. The molecule has 0 fully saturated rings. The van der Waals surface area contributed by atoms with Crippen LogP contribution in [0.15, 0.2) is 41.5 Å². The number of carbonyl (C=O) groups excluding carboxylic acids is 1. The summed E-state index contributed by atoms with van der Waals surface area (Å²) in [7, 11) is 0. The highest BCUT2D eigenvalue weighted by molar-refractivity contribution is 5.74. The molecule has 0 aliphatic carbocycles. The van der Waals surface area contributed by atoms with Crippen molar-refractivity contribution in [2.24, 2.45) is 4.99 Å². The zero-order chi connectivity index (χ0) is 12.3. The summed E-state index contributed by atoms with van der Waals surface area (Å²) >= 11 is 0. The zero-order valence-electron chi connectivity index (χ0n) is 9.14. The molecule has 0 saturated heterocycles. The maximum atomic E-state index is 13.1. The molecule has 0 unspecified atom stereocenters. The molecule has 0 N–H and O–H groups in total. The predicted molar refractivity (Wildman–Crippen MR) is 62.1 cm³/mol. The lowest BCUT2D eigenvalue weighted by atomic mass is 10.1. The van der Waals surface area contributed by atoms with E-state index in [-0.39, 0.29) is 5.82 Å². The predicted octanol–water partition coefficient (Wildman–Crippen LogP) is 3.16. The molecule has 2 rings (SSSR count). The third kappa shape index (κ3) is 2.44. The second-order valence-corrected chi connectivity index (χ2v) is 3.59. The molecule has 1 aromatic carbocycles. The van der Waals surface area contributed by atoms with Gasteiger partial charge in [-0.3, -0.25) is 4.98 Å². The Bertz CT molecular complexity index is 604. The van der Waals surface area contributed by atoms with Crippen LogP contribution in [-0.2, 0) is 4.79 Å². The number of aromatic nitrogens is 1. The van der Waals surface area contributed by atoms with Crippen LogP contribution < -0.4 is 0 Å². The second-order valence-electron chi connectivity index (χ2n) is 3.59. The van der Waals surface area contributed by atoms with E-state index in [0.29, 0.717) is 16.9 Å². The van der Waals surface area contributed by atoms with Gasteiger partial charge in [0.2, 0.25) is 6.08 Å². The number of nitrogens with zero attached hydrogens (tertiary/aromatic N) is 2. The lowest BCUT2D eigenvalue weighted by Gasteiger charge is -2.04. The van der Waals surface area contributed by atoms with E-state index in [2.05, 4.69) is 9.98 Å². The van der Waals surface area contributed by atoms with E-state index in [4.69, 9.17) is 0 Å². The Morgan fingerprint density at radius 1 is 1.35 bits per heavy atom. The molecule has 0 atom stereocenters. The summed E-state index contributed by atoms with van der Waals surface area (Å²) in [4.78, 5) is 18.1. The van der Waals surface area contributed by atoms with Crippen molar-refractivity contribution < 1.29 is 9.18 Å². The third-order valence-corrected chi connectivity index (χ3v) is 2.27. The first-order chi connectivity index (χ1) is 8.20. The molecule has 0 saturated carbocycles. The number of aliphatic imine (C=N–C) groups is 1. The monoisotopic (exact) mass is 228 g/mol. The molecule has 4 heteroatoms. The summed E-state index contributed by atoms with van der Waals surface area (Å²) in [5, 5.41) is 0. The average Bonchev–Trinajstić information content (AvgIpc) is 2.29. The van der Waals surface area contributed by atoms with Gasteiger partial charge in [0.1, 0.15) is 11.5 Å². The van der Waals surface area contributed by atoms with Crippen molar-refractivity contribution in [3.63, 3.8) is 0 Å². The Hall–Kier alpha value is -2.32. The van der Waals surface area contributed by atoms with Crippen LogP contribution in [-0.4, -0.2) is 11.1 Å². The summed E-state index contributed by atoms with van der Waals surface area (Å²) in [5.41, 5.74) is 2.32. The number of aryl methyl sites for hydroxylation is 1. The molecule has 84 valence electrons. The molecule has 3 nitrogen and oxygen atoms in total. The molecule has 0 radical (unpaired) electrons. The van der Waals surface area contributed by atoms with Crippen molar-refractivity contribution in [2.75, 3.05) is 0 Å². The van der Waals surface area contributed by atoms with E-state index < -0.39 is 0 Å². The Morgan fingerprint density at radius 3 is 2.88 bits per heavy atom. The fraction of sp³-hybridized carbons (Fsp3) is 0.0769. The zero-order valence-corrected chi connectivity index (χ0v) is 9.14. The van der Waals surface area contributed by atoms with Gasteiger partial charge >= 0.3 is 0 Å². The molecule has 1 heterocycles. The first-order valence-electron chi connectivity index (χ1n) is 5.01. The Labute approximate surface area is 97.7 Å². The average molecular weight is 228 g/mol. The van der Waals surface area contributed by atoms with Crippen molar-refractivity contribution in [2.45, 2.75) is 6.92 Å². The van der Waals surface area contributed by atoms with E-state index >= 15 is 0 Å². The Kier molecular flexibility index (Phi) is 3.08. The SMILES string of the molecule is Cc1cnc(-c2cccc(F)c2)c(N=C=O)c1. The highest BCUT2D eigenvalue weighted by Crippen LogP contribution is 2.28. The number of benzene rings is 1. The number of pyridine rings is 1. The van der Waals surface area contributed by atoms with Gasteiger partial charge in [-0.15, -0.1) is 0 Å². The number of rotatable bonds is 2. The molecule has 0 aliphatic rings. The molecule has 0 amide bonds. The lowest BCUT2D eigenvalue weighted by molar-refractivity contribution is 0.565. The normalized spacial score (nSPS) is 9.76. The van der Waals surface area contributed by atoms with Gasteiger partial charge in [-0.25, -0.2) is 9.18 Å². The van der Waals surface area contributed by atoms with Crippen molar-refractivity contribution in [1.82, 2.24) is 4.98 Å². The molecule has 1 aromatic heterocycles. The third-order valence-electron chi connectivity index (χ3n) is 2.27. The minimum Gasteiger partial charge on any atom is -0.254 e. The van der Waals surface area contributed by atoms with Crippen LogP contribution >= 0.6 is 0 Å². The van der Waals surface area contributed by atoms with Crippen molar-refractivity contribution in [3.8, 4) is 11.3 Å². The van der Waals surface area contributed by atoms with Crippen LogP contribution in [0.1, 0.15) is 5.56 Å². The van der Waals surface area contributed by atoms with Gasteiger partial charge in [0.25, 0.3) is 0 Å². The fourth-order valence-corrected chi connectivity index (χ4v) is 1.55. The van der Waals surface area contributed by atoms with Crippen LogP contribution in [0.25, 0.3) is 11.3 Å². The van der Waals surface area contributed by atoms with E-state index in [1.165, 1.54) is 18.2 Å². The number of halogens is 1. The van der Waals surface area contributed by atoms with Gasteiger partial charge in [-0.1, -0.05) is 12.1 Å². The van der Waals surface area contributed by atoms with E-state index in [1.54, 1.807) is 24.4 Å². The van der Waals surface area contributed by atoms with Crippen molar-refractivity contribution >= 4 is 11.8 Å². The van der Waals surface area contributed by atoms with Crippen LogP contribution in [0.3, 0.4) is 0 Å². The summed E-state index contributed by atoms with van der Waals surface area (Å²) in [6.07, 6.45) is 3.12. The van der Waals surface area contributed by atoms with Gasteiger partial charge in [0.15, 0.2) is 0 Å². The van der Waals surface area contributed by atoms with Crippen LogP contribution in [0.2, 0.25) is 0 Å². The number of isocyanates is 1. The standard InChI is InChI=1S/C13H9FN2O/c1-9-5-12(16-8-17)13(15-7-9)10-3-2-4-11(14)6-10/h2-7H,1H3. The fourth-order valence-electron chi connectivity index (χ4n) is 1.55. The minimum atomic E-state index is -0.356. The van der Waals surface area contributed by atoms with Crippen LogP contribution in [0, 0.1) is 12.7 Å². The molecule has 0 bridgehead atoms. The second kappa shape index (κ2) is 4.68. The number of hydrogen-bond donors (Lipinski definition) is 0. The van der Waals surface area contributed by atoms with Gasteiger partial charge in [0.05, 0.1) is 5.69 Å². The van der Waals surface area contributed by atoms with Gasteiger partial charge in [0, 0.05) is 11.8 Å². The highest BCUT2D eigenvalue weighted by atomic mass is 19.1. The minimum absolute atomic E-state index is 0.356. The first kappa shape index (κ1) is 11.2. The molecule has 0 spiro atoms. The van der Waals surface area contributed by atoms with Crippen LogP contribution in [0.5, 0.6) is 0 Å². The molecule has 2 aromatic rings. The molecule has 0 aliphatic heterocycles. The largest absolute Gasteiger partial charge is 0.254 e. The molecule has 17 heavy (non-hydrogen) atoms. The van der Waals surface area contributed by atoms with Crippen molar-refractivity contribution in [1.29, 1.82) is 0 Å². The number of hydrogen-bond acceptors (Lipinski definition) is 3. The Balaban J connectivity index is 2.62. The summed E-state index contributed by atoms with van der Waals surface area (Å²) in [5.74, 6) is -0.356. The smallest absolute Gasteiger partial charge is 0.240 e. The topological polar surface area (TPSA) is 42.3 Å². The maximum absolute atomic E-state index is 13.1. The first-order valence-corrected chi connectivity index (χ1v) is 5.01. The van der Waals surface area contributed by atoms with Gasteiger partial charge in [-0.2, -0.15) is 4.99 Å². The summed E-state index contributed by atoms with van der Waals surface area (Å²) in [6, 6.07) is 7.70. The highest BCUT2D eigenvalue weighted by Gasteiger charge is 2.07.